The van der Waals surface area contributed by atoms with E-state index in [1.807, 2.05) is 57.4 Å². The van der Waals surface area contributed by atoms with Gasteiger partial charge in [0.25, 0.3) is 5.91 Å². The molecule has 2 aromatic carbocycles. The van der Waals surface area contributed by atoms with Gasteiger partial charge in [-0.2, -0.15) is 0 Å². The van der Waals surface area contributed by atoms with Gasteiger partial charge in [0.1, 0.15) is 5.75 Å². The summed E-state index contributed by atoms with van der Waals surface area (Å²) < 4.78 is 5.66. The number of fused-ring (bicyclic) bond motifs is 1. The maximum absolute atomic E-state index is 12.9. The SMILES string of the molecule is CCOc1ccc2ccccc2c1C(=O)Nc1cnc(N(C)C)nc1. The van der Waals surface area contributed by atoms with Crippen molar-refractivity contribution in [1.29, 1.82) is 0 Å². The van der Waals surface area contributed by atoms with E-state index in [0.29, 0.717) is 29.6 Å². The molecule has 0 bridgehead atoms. The Balaban J connectivity index is 1.96. The van der Waals surface area contributed by atoms with E-state index in [0.717, 1.165) is 10.8 Å². The summed E-state index contributed by atoms with van der Waals surface area (Å²) in [6.07, 6.45) is 3.18. The van der Waals surface area contributed by atoms with Crippen molar-refractivity contribution in [2.45, 2.75) is 6.92 Å². The molecule has 25 heavy (non-hydrogen) atoms. The number of nitrogens with zero attached hydrogens (tertiary/aromatic N) is 3. The van der Waals surface area contributed by atoms with Crippen LogP contribution in [0.5, 0.6) is 5.75 Å². The van der Waals surface area contributed by atoms with Crippen LogP contribution < -0.4 is 15.0 Å². The van der Waals surface area contributed by atoms with Crippen molar-refractivity contribution in [3.63, 3.8) is 0 Å². The molecular weight excluding hydrogens is 316 g/mol. The number of hydrogen-bond donors (Lipinski definition) is 1. The van der Waals surface area contributed by atoms with E-state index in [-0.39, 0.29) is 5.91 Å². The molecular formula is C19H20N4O2. The minimum Gasteiger partial charge on any atom is -0.493 e. The van der Waals surface area contributed by atoms with Crippen molar-refractivity contribution < 1.29 is 9.53 Å². The van der Waals surface area contributed by atoms with Crippen LogP contribution >= 0.6 is 0 Å². The molecule has 0 radical (unpaired) electrons. The average Bonchev–Trinajstić information content (AvgIpc) is 2.62. The number of carbonyl (C=O) groups excluding carboxylic acids is 1. The lowest BCUT2D eigenvalue weighted by Crippen LogP contribution is -2.16. The van der Waals surface area contributed by atoms with Crippen molar-refractivity contribution in [2.24, 2.45) is 0 Å². The number of carbonyl (C=O) groups is 1. The fraction of sp³-hybridized carbons (Fsp3) is 0.211. The third-order valence-corrected chi connectivity index (χ3v) is 3.71. The monoisotopic (exact) mass is 336 g/mol. The lowest BCUT2D eigenvalue weighted by molar-refractivity contribution is 0.102. The van der Waals surface area contributed by atoms with Gasteiger partial charge in [-0.3, -0.25) is 4.79 Å². The third kappa shape index (κ3) is 3.52. The van der Waals surface area contributed by atoms with Crippen LogP contribution in [0.25, 0.3) is 10.8 Å². The van der Waals surface area contributed by atoms with Gasteiger partial charge in [-0.1, -0.05) is 30.3 Å². The summed E-state index contributed by atoms with van der Waals surface area (Å²) in [6, 6.07) is 11.5. The van der Waals surface area contributed by atoms with E-state index >= 15 is 0 Å². The Morgan fingerprint density at radius 3 is 2.52 bits per heavy atom. The van der Waals surface area contributed by atoms with Gasteiger partial charge in [-0.15, -0.1) is 0 Å². The molecule has 0 spiro atoms. The van der Waals surface area contributed by atoms with Crippen molar-refractivity contribution in [2.75, 3.05) is 30.9 Å². The Morgan fingerprint density at radius 1 is 1.12 bits per heavy atom. The number of anilines is 2. The van der Waals surface area contributed by atoms with Crippen LogP contribution in [0.1, 0.15) is 17.3 Å². The molecule has 6 heteroatoms. The largest absolute Gasteiger partial charge is 0.493 e. The molecule has 3 aromatic rings. The first-order valence-electron chi connectivity index (χ1n) is 8.05. The fourth-order valence-corrected chi connectivity index (χ4v) is 2.57. The maximum atomic E-state index is 12.9. The predicted octanol–water partition coefficient (Wildman–Crippen LogP) is 3.35. The molecule has 0 aliphatic carbocycles. The highest BCUT2D eigenvalue weighted by atomic mass is 16.5. The van der Waals surface area contributed by atoms with Crippen molar-refractivity contribution in [3.05, 3.63) is 54.4 Å². The van der Waals surface area contributed by atoms with Gasteiger partial charge in [0.05, 0.1) is 30.3 Å². The van der Waals surface area contributed by atoms with Gasteiger partial charge in [-0.05, 0) is 23.8 Å². The Labute approximate surface area is 146 Å². The molecule has 0 unspecified atom stereocenters. The highest BCUT2D eigenvalue weighted by Crippen LogP contribution is 2.29. The van der Waals surface area contributed by atoms with E-state index in [4.69, 9.17) is 4.74 Å². The first-order valence-corrected chi connectivity index (χ1v) is 8.05. The topological polar surface area (TPSA) is 67.3 Å². The molecule has 1 N–H and O–H groups in total. The molecule has 1 heterocycles. The van der Waals surface area contributed by atoms with Crippen molar-refractivity contribution in [1.82, 2.24) is 9.97 Å². The molecule has 6 nitrogen and oxygen atoms in total. The van der Waals surface area contributed by atoms with Crippen LogP contribution in [0.15, 0.2) is 48.8 Å². The van der Waals surface area contributed by atoms with Gasteiger partial charge in [0.2, 0.25) is 5.95 Å². The van der Waals surface area contributed by atoms with Crippen LogP contribution in [0, 0.1) is 0 Å². The fourth-order valence-electron chi connectivity index (χ4n) is 2.57. The van der Waals surface area contributed by atoms with Crippen LogP contribution in [-0.2, 0) is 0 Å². The average molecular weight is 336 g/mol. The van der Waals surface area contributed by atoms with E-state index in [1.54, 1.807) is 17.3 Å². The molecule has 1 amide bonds. The summed E-state index contributed by atoms with van der Waals surface area (Å²) in [5.74, 6) is 0.893. The molecule has 0 saturated carbocycles. The number of rotatable bonds is 5. The molecule has 128 valence electrons. The first-order chi connectivity index (χ1) is 12.1. The Morgan fingerprint density at radius 2 is 1.84 bits per heavy atom. The Kier molecular flexibility index (Phi) is 4.79. The second-order valence-corrected chi connectivity index (χ2v) is 5.71. The summed E-state index contributed by atoms with van der Waals surface area (Å²) >= 11 is 0. The summed E-state index contributed by atoms with van der Waals surface area (Å²) in [7, 11) is 3.72. The van der Waals surface area contributed by atoms with Gasteiger partial charge in [0, 0.05) is 14.1 Å². The van der Waals surface area contributed by atoms with Crippen molar-refractivity contribution >= 4 is 28.3 Å². The number of hydrogen-bond acceptors (Lipinski definition) is 5. The number of aromatic nitrogens is 2. The normalized spacial score (nSPS) is 10.5. The zero-order chi connectivity index (χ0) is 17.8. The highest BCUT2D eigenvalue weighted by Gasteiger charge is 2.17. The van der Waals surface area contributed by atoms with Gasteiger partial charge < -0.3 is 15.0 Å². The molecule has 3 rings (SSSR count). The second kappa shape index (κ2) is 7.17. The minimum atomic E-state index is -0.249. The van der Waals surface area contributed by atoms with Crippen LogP contribution in [0.2, 0.25) is 0 Å². The number of ether oxygens (including phenoxy) is 1. The van der Waals surface area contributed by atoms with E-state index in [1.165, 1.54) is 0 Å². The lowest BCUT2D eigenvalue weighted by atomic mass is 10.0. The van der Waals surface area contributed by atoms with Gasteiger partial charge >= 0.3 is 0 Å². The quantitative estimate of drug-likeness (QED) is 0.774. The second-order valence-electron chi connectivity index (χ2n) is 5.71. The smallest absolute Gasteiger partial charge is 0.260 e. The molecule has 0 atom stereocenters. The molecule has 0 fully saturated rings. The van der Waals surface area contributed by atoms with E-state index in [9.17, 15) is 4.79 Å². The van der Waals surface area contributed by atoms with Gasteiger partial charge in [-0.25, -0.2) is 9.97 Å². The summed E-state index contributed by atoms with van der Waals surface area (Å²) in [6.45, 7) is 2.38. The Bertz CT molecular complexity index is 892. The first kappa shape index (κ1) is 16.7. The van der Waals surface area contributed by atoms with E-state index in [2.05, 4.69) is 15.3 Å². The highest BCUT2D eigenvalue weighted by molar-refractivity contribution is 6.14. The summed E-state index contributed by atoms with van der Waals surface area (Å²) in [5, 5.41) is 4.68. The maximum Gasteiger partial charge on any atom is 0.260 e. The number of amides is 1. The van der Waals surface area contributed by atoms with Crippen LogP contribution in [0.4, 0.5) is 11.6 Å². The standard InChI is InChI=1S/C19H20N4O2/c1-4-25-16-10-9-13-7-5-6-8-15(13)17(16)18(24)22-14-11-20-19(21-12-14)23(2)3/h5-12H,4H2,1-3H3,(H,22,24). The minimum absolute atomic E-state index is 0.249. The molecule has 0 saturated heterocycles. The zero-order valence-electron chi connectivity index (χ0n) is 14.5. The third-order valence-electron chi connectivity index (χ3n) is 3.71. The van der Waals surface area contributed by atoms with E-state index < -0.39 is 0 Å². The lowest BCUT2D eigenvalue weighted by Gasteiger charge is -2.14. The zero-order valence-corrected chi connectivity index (χ0v) is 14.5. The number of nitrogens with one attached hydrogen (secondary N) is 1. The predicted molar refractivity (Wildman–Crippen MR) is 99.4 cm³/mol. The van der Waals surface area contributed by atoms with Crippen molar-refractivity contribution in [3.8, 4) is 5.75 Å². The van der Waals surface area contributed by atoms with Gasteiger partial charge in [0.15, 0.2) is 0 Å². The van der Waals surface area contributed by atoms with Crippen LogP contribution in [-0.4, -0.2) is 36.6 Å². The summed E-state index contributed by atoms with van der Waals surface area (Å²) in [5.41, 5.74) is 1.04. The van der Waals surface area contributed by atoms with Crippen LogP contribution in [0.3, 0.4) is 0 Å². The molecule has 0 aliphatic heterocycles. The Hall–Kier alpha value is -3.15. The summed E-state index contributed by atoms with van der Waals surface area (Å²) in [4.78, 5) is 23.1. The molecule has 1 aromatic heterocycles. The molecule has 0 aliphatic rings. The number of benzene rings is 2.